The molecule has 3 aromatic rings. The molecule has 1 aliphatic rings. The lowest BCUT2D eigenvalue weighted by molar-refractivity contribution is -0.141. The van der Waals surface area contributed by atoms with Gasteiger partial charge in [0, 0.05) is 58.6 Å². The zero-order valence-corrected chi connectivity index (χ0v) is 17.0. The van der Waals surface area contributed by atoms with Crippen LogP contribution in [-0.2, 0) is 0 Å². The molecule has 0 aromatic carbocycles. The summed E-state index contributed by atoms with van der Waals surface area (Å²) >= 11 is 1.34. The molecular formula is C21H22F2N4OS. The Balaban J connectivity index is 1.62. The number of nitrogens with two attached hydrogens (primary N) is 1. The number of fused-ring (bicyclic) bond motifs is 1. The van der Waals surface area contributed by atoms with E-state index in [4.69, 9.17) is 5.73 Å². The van der Waals surface area contributed by atoms with Gasteiger partial charge >= 0.3 is 0 Å². The van der Waals surface area contributed by atoms with Crippen LogP contribution in [0.2, 0.25) is 0 Å². The predicted octanol–water partition coefficient (Wildman–Crippen LogP) is 4.85. The van der Waals surface area contributed by atoms with Crippen molar-refractivity contribution < 1.29 is 13.9 Å². The molecule has 0 amide bonds. The lowest BCUT2D eigenvalue weighted by Crippen LogP contribution is -2.38. The van der Waals surface area contributed by atoms with Gasteiger partial charge in [-0.25, -0.2) is 18.7 Å². The molecule has 29 heavy (non-hydrogen) atoms. The number of hydrogen-bond donors (Lipinski definition) is 2. The van der Waals surface area contributed by atoms with E-state index in [9.17, 15) is 13.9 Å². The Kier molecular flexibility index (Phi) is 5.08. The summed E-state index contributed by atoms with van der Waals surface area (Å²) in [6, 6.07) is 7.67. The zero-order valence-electron chi connectivity index (χ0n) is 16.1. The van der Waals surface area contributed by atoms with Crippen LogP contribution in [0.3, 0.4) is 0 Å². The first kappa shape index (κ1) is 19.8. The maximum Gasteiger partial charge on any atom is 0.248 e. The van der Waals surface area contributed by atoms with Crippen LogP contribution in [-0.4, -0.2) is 33.3 Å². The first-order valence-electron chi connectivity index (χ1n) is 9.47. The van der Waals surface area contributed by atoms with Crippen molar-refractivity contribution in [2.45, 2.75) is 44.8 Å². The summed E-state index contributed by atoms with van der Waals surface area (Å²) in [5.74, 6) is -2.65. The van der Waals surface area contributed by atoms with E-state index in [-0.39, 0.29) is 18.9 Å². The molecule has 0 aliphatic heterocycles. The number of rotatable bonds is 5. The maximum atomic E-state index is 13.1. The standard InChI is InChI=1S/C21H22F2N4OS/c1-11(2)25-10-14-5-13(9-26-19(14)24)16-4-3-12-6-17(29-20(12)27-16)18(28)15-7-21(22,23)8-15/h3-6,9-11,15,18,28H,7-8H2,1-2H3,(H2,24,26). The minimum atomic E-state index is -2.65. The second-order valence-corrected chi connectivity index (χ2v) is 8.84. The van der Waals surface area contributed by atoms with Crippen LogP contribution in [0.5, 0.6) is 0 Å². The smallest absolute Gasteiger partial charge is 0.248 e. The Morgan fingerprint density at radius 3 is 2.76 bits per heavy atom. The summed E-state index contributed by atoms with van der Waals surface area (Å²) in [7, 11) is 0. The number of nitrogens with zero attached hydrogens (tertiary/aromatic N) is 3. The number of aliphatic imine (C=N–C) groups is 1. The summed E-state index contributed by atoms with van der Waals surface area (Å²) in [5, 5.41) is 11.3. The number of pyridine rings is 2. The van der Waals surface area contributed by atoms with Crippen molar-refractivity contribution in [3.05, 3.63) is 40.9 Å². The van der Waals surface area contributed by atoms with Crippen LogP contribution >= 0.6 is 11.3 Å². The highest BCUT2D eigenvalue weighted by Crippen LogP contribution is 2.49. The third-order valence-electron chi connectivity index (χ3n) is 5.02. The van der Waals surface area contributed by atoms with Crippen molar-refractivity contribution in [3.63, 3.8) is 0 Å². The number of nitrogen functional groups attached to an aromatic ring is 1. The number of thiophene rings is 1. The van der Waals surface area contributed by atoms with Gasteiger partial charge in [0.25, 0.3) is 0 Å². The molecular weight excluding hydrogens is 394 g/mol. The summed E-state index contributed by atoms with van der Waals surface area (Å²) in [5.41, 5.74) is 8.20. The monoisotopic (exact) mass is 416 g/mol. The van der Waals surface area contributed by atoms with Gasteiger partial charge in [-0.05, 0) is 38.1 Å². The Morgan fingerprint density at radius 2 is 2.07 bits per heavy atom. The van der Waals surface area contributed by atoms with Gasteiger partial charge in [-0.1, -0.05) is 0 Å². The predicted molar refractivity (Wildman–Crippen MR) is 113 cm³/mol. The van der Waals surface area contributed by atoms with Crippen LogP contribution in [0.1, 0.15) is 43.2 Å². The lowest BCUT2D eigenvalue weighted by atomic mass is 9.77. The highest BCUT2D eigenvalue weighted by Gasteiger charge is 2.48. The van der Waals surface area contributed by atoms with Gasteiger partial charge in [0.05, 0.1) is 11.8 Å². The molecule has 0 radical (unpaired) electrons. The molecule has 3 N–H and O–H groups in total. The Hall–Kier alpha value is -2.45. The highest BCUT2D eigenvalue weighted by atomic mass is 32.1. The lowest BCUT2D eigenvalue weighted by Gasteiger charge is -2.37. The van der Waals surface area contributed by atoms with Crippen LogP contribution < -0.4 is 5.73 Å². The molecule has 1 atom stereocenters. The fourth-order valence-corrected chi connectivity index (χ4v) is 4.48. The van der Waals surface area contributed by atoms with Gasteiger partial charge < -0.3 is 10.8 Å². The first-order valence-corrected chi connectivity index (χ1v) is 10.3. The van der Waals surface area contributed by atoms with Crippen molar-refractivity contribution in [1.29, 1.82) is 0 Å². The second-order valence-electron chi connectivity index (χ2n) is 7.78. The maximum absolute atomic E-state index is 13.1. The topological polar surface area (TPSA) is 84.4 Å². The molecule has 3 heterocycles. The molecule has 3 aromatic heterocycles. The Bertz CT molecular complexity index is 1070. The summed E-state index contributed by atoms with van der Waals surface area (Å²) in [6.45, 7) is 3.96. The molecule has 0 bridgehead atoms. The van der Waals surface area contributed by atoms with E-state index < -0.39 is 17.9 Å². The van der Waals surface area contributed by atoms with Crippen molar-refractivity contribution in [2.75, 3.05) is 5.73 Å². The summed E-state index contributed by atoms with van der Waals surface area (Å²) < 4.78 is 26.3. The number of aliphatic hydroxyl groups excluding tert-OH is 1. The summed E-state index contributed by atoms with van der Waals surface area (Å²) in [6.07, 6.45) is 1.96. The van der Waals surface area contributed by atoms with E-state index >= 15 is 0 Å². The van der Waals surface area contributed by atoms with Crippen molar-refractivity contribution in [2.24, 2.45) is 10.9 Å². The SMILES string of the molecule is CC(C)N=Cc1cc(-c2ccc3cc(C(O)C4CC(F)(F)C4)sc3n2)cnc1N. The molecule has 1 unspecified atom stereocenters. The van der Waals surface area contributed by atoms with Gasteiger partial charge in [0.1, 0.15) is 10.6 Å². The Labute approximate surface area is 171 Å². The third kappa shape index (κ3) is 4.13. The van der Waals surface area contributed by atoms with Gasteiger partial charge in [0.2, 0.25) is 5.92 Å². The van der Waals surface area contributed by atoms with Gasteiger partial charge in [-0.15, -0.1) is 11.3 Å². The molecule has 4 rings (SSSR count). The van der Waals surface area contributed by atoms with Crippen LogP contribution in [0, 0.1) is 5.92 Å². The van der Waals surface area contributed by atoms with E-state index in [2.05, 4.69) is 15.0 Å². The normalized spacial score (nSPS) is 17.9. The van der Waals surface area contributed by atoms with Crippen LogP contribution in [0.4, 0.5) is 14.6 Å². The van der Waals surface area contributed by atoms with Gasteiger partial charge in [-0.2, -0.15) is 0 Å². The number of anilines is 1. The van der Waals surface area contributed by atoms with Crippen LogP contribution in [0.25, 0.3) is 21.5 Å². The first-order chi connectivity index (χ1) is 13.7. The fourth-order valence-electron chi connectivity index (χ4n) is 3.37. The number of halogens is 2. The average Bonchev–Trinajstić information content (AvgIpc) is 3.08. The van der Waals surface area contributed by atoms with Crippen molar-refractivity contribution in [3.8, 4) is 11.3 Å². The largest absolute Gasteiger partial charge is 0.387 e. The number of aliphatic hydroxyl groups is 1. The number of aromatic nitrogens is 2. The number of alkyl halides is 2. The minimum absolute atomic E-state index is 0.152. The summed E-state index contributed by atoms with van der Waals surface area (Å²) in [4.78, 5) is 14.7. The van der Waals surface area contributed by atoms with Crippen molar-refractivity contribution in [1.82, 2.24) is 9.97 Å². The van der Waals surface area contributed by atoms with E-state index in [0.29, 0.717) is 10.7 Å². The van der Waals surface area contributed by atoms with Crippen LogP contribution in [0.15, 0.2) is 35.5 Å². The van der Waals surface area contributed by atoms with Gasteiger partial charge in [-0.3, -0.25) is 4.99 Å². The molecule has 1 saturated carbocycles. The number of hydrogen-bond acceptors (Lipinski definition) is 6. The third-order valence-corrected chi connectivity index (χ3v) is 6.13. The molecule has 5 nitrogen and oxygen atoms in total. The molecule has 0 spiro atoms. The van der Waals surface area contributed by atoms with E-state index in [1.807, 2.05) is 38.1 Å². The average molecular weight is 416 g/mol. The molecule has 1 aliphatic carbocycles. The fraction of sp³-hybridized carbons (Fsp3) is 0.381. The van der Waals surface area contributed by atoms with E-state index in [0.717, 1.165) is 27.0 Å². The molecule has 152 valence electrons. The van der Waals surface area contributed by atoms with Crippen molar-refractivity contribution >= 4 is 33.6 Å². The molecule has 8 heteroatoms. The molecule has 0 saturated heterocycles. The molecule has 1 fully saturated rings. The minimum Gasteiger partial charge on any atom is -0.387 e. The Morgan fingerprint density at radius 1 is 1.31 bits per heavy atom. The second kappa shape index (κ2) is 7.42. The highest BCUT2D eigenvalue weighted by molar-refractivity contribution is 7.18. The van der Waals surface area contributed by atoms with E-state index in [1.165, 1.54) is 11.3 Å². The zero-order chi connectivity index (χ0) is 20.8. The van der Waals surface area contributed by atoms with Gasteiger partial charge in [0.15, 0.2) is 0 Å². The quantitative estimate of drug-likeness (QED) is 0.583. The van der Waals surface area contributed by atoms with E-state index in [1.54, 1.807) is 12.4 Å².